The summed E-state index contributed by atoms with van der Waals surface area (Å²) in [5.74, 6) is 0.399. The number of aryl methyl sites for hydroxylation is 1. The lowest BCUT2D eigenvalue weighted by molar-refractivity contribution is -0.112. The molecular formula is C24H25N5O5S. The highest BCUT2D eigenvalue weighted by Gasteiger charge is 2.13. The summed E-state index contributed by atoms with van der Waals surface area (Å²) < 4.78 is 33.4. The average Bonchev–Trinajstić information content (AvgIpc) is 3.14. The van der Waals surface area contributed by atoms with Crippen LogP contribution in [0.5, 0.6) is 5.75 Å². The minimum atomic E-state index is -3.67. The molecule has 2 heterocycles. The van der Waals surface area contributed by atoms with Crippen molar-refractivity contribution in [3.63, 3.8) is 0 Å². The molecule has 4 aromatic rings. The number of aromatic nitrogens is 3. The standard InChI is InChI=1S/C23H21N5O2.CH4O3S/c1-14(22(24)29)15-8-9-21(30-3)19(12-15)27-23-25-11-10-18(26-23)17-13-28(2)20-7-5-4-6-16(17)20;1-5(2,3)4/h4-13H,1H2,2-3H3,(H2,24,29)(H,25,26,27);1H3,(H,2,3,4). The van der Waals surface area contributed by atoms with Crippen LogP contribution in [0.3, 0.4) is 0 Å². The first-order valence-corrected chi connectivity index (χ1v) is 12.1. The first-order chi connectivity index (χ1) is 16.5. The molecule has 0 spiro atoms. The number of carbonyl (C=O) groups is 1. The maximum absolute atomic E-state index is 11.5. The number of hydrogen-bond donors (Lipinski definition) is 3. The molecule has 182 valence electrons. The fraction of sp³-hybridized carbons (Fsp3) is 0.125. The van der Waals surface area contributed by atoms with E-state index in [9.17, 15) is 13.2 Å². The molecule has 0 saturated heterocycles. The lowest BCUT2D eigenvalue weighted by Crippen LogP contribution is -2.12. The smallest absolute Gasteiger partial charge is 0.261 e. The molecule has 0 saturated carbocycles. The molecule has 10 nitrogen and oxygen atoms in total. The Bertz CT molecular complexity index is 1500. The minimum absolute atomic E-state index is 0.214. The van der Waals surface area contributed by atoms with Crippen molar-refractivity contribution in [1.29, 1.82) is 0 Å². The Labute approximate surface area is 202 Å². The van der Waals surface area contributed by atoms with Gasteiger partial charge in [-0.3, -0.25) is 9.35 Å². The van der Waals surface area contributed by atoms with Crippen molar-refractivity contribution in [1.82, 2.24) is 14.5 Å². The number of amides is 1. The minimum Gasteiger partial charge on any atom is -0.495 e. The van der Waals surface area contributed by atoms with Crippen LogP contribution < -0.4 is 15.8 Å². The second kappa shape index (κ2) is 10.4. The van der Waals surface area contributed by atoms with E-state index in [4.69, 9.17) is 15.0 Å². The van der Waals surface area contributed by atoms with Gasteiger partial charge in [0.2, 0.25) is 11.9 Å². The summed E-state index contributed by atoms with van der Waals surface area (Å²) in [6, 6.07) is 15.2. The van der Waals surface area contributed by atoms with Gasteiger partial charge in [-0.25, -0.2) is 9.97 Å². The molecule has 0 bridgehead atoms. The Balaban J connectivity index is 0.000000623. The number of nitrogens with two attached hydrogens (primary N) is 1. The van der Waals surface area contributed by atoms with Crippen molar-refractivity contribution in [2.75, 3.05) is 18.7 Å². The zero-order valence-electron chi connectivity index (χ0n) is 19.4. The number of rotatable bonds is 6. The number of ether oxygens (including phenoxy) is 1. The fourth-order valence-electron chi connectivity index (χ4n) is 3.37. The quantitative estimate of drug-likeness (QED) is 0.272. The van der Waals surface area contributed by atoms with Crippen molar-refractivity contribution < 1.29 is 22.5 Å². The predicted molar refractivity (Wildman–Crippen MR) is 136 cm³/mol. The summed E-state index contributed by atoms with van der Waals surface area (Å²) in [5.41, 5.74) is 9.70. The highest BCUT2D eigenvalue weighted by molar-refractivity contribution is 7.85. The van der Waals surface area contributed by atoms with Gasteiger partial charge in [0, 0.05) is 41.5 Å². The van der Waals surface area contributed by atoms with E-state index in [1.54, 1.807) is 31.5 Å². The van der Waals surface area contributed by atoms with Crippen LogP contribution in [0.2, 0.25) is 0 Å². The molecule has 0 aliphatic heterocycles. The number of methoxy groups -OCH3 is 1. The van der Waals surface area contributed by atoms with E-state index in [0.717, 1.165) is 22.2 Å². The largest absolute Gasteiger partial charge is 0.495 e. The molecule has 4 rings (SSSR count). The topological polar surface area (TPSA) is 149 Å². The normalized spacial score (nSPS) is 10.9. The Morgan fingerprint density at radius 3 is 2.54 bits per heavy atom. The summed E-state index contributed by atoms with van der Waals surface area (Å²) in [6.45, 7) is 3.74. The summed E-state index contributed by atoms with van der Waals surface area (Å²) >= 11 is 0. The third-order valence-corrected chi connectivity index (χ3v) is 4.92. The number of carbonyl (C=O) groups excluding carboxylic acids is 1. The summed E-state index contributed by atoms with van der Waals surface area (Å²) in [5, 5.41) is 4.29. The summed E-state index contributed by atoms with van der Waals surface area (Å²) in [6.07, 6.45) is 4.47. The van der Waals surface area contributed by atoms with Gasteiger partial charge in [-0.15, -0.1) is 0 Å². The van der Waals surface area contributed by atoms with Crippen LogP contribution in [0.1, 0.15) is 5.56 Å². The van der Waals surface area contributed by atoms with Gasteiger partial charge in [-0.1, -0.05) is 30.8 Å². The molecule has 0 atom stereocenters. The Morgan fingerprint density at radius 1 is 1.20 bits per heavy atom. The molecule has 0 fully saturated rings. The molecule has 35 heavy (non-hydrogen) atoms. The van der Waals surface area contributed by atoms with E-state index in [-0.39, 0.29) is 5.57 Å². The maximum atomic E-state index is 11.5. The van der Waals surface area contributed by atoms with Crippen molar-refractivity contribution in [3.05, 3.63) is 73.1 Å². The second-order valence-electron chi connectivity index (χ2n) is 7.55. The Morgan fingerprint density at radius 2 is 1.89 bits per heavy atom. The van der Waals surface area contributed by atoms with Crippen molar-refractivity contribution in [3.8, 4) is 17.0 Å². The fourth-order valence-corrected chi connectivity index (χ4v) is 3.37. The van der Waals surface area contributed by atoms with E-state index in [1.165, 1.54) is 0 Å². The average molecular weight is 496 g/mol. The Kier molecular flexibility index (Phi) is 7.52. The van der Waals surface area contributed by atoms with Crippen molar-refractivity contribution >= 4 is 44.1 Å². The molecule has 1 amide bonds. The predicted octanol–water partition coefficient (Wildman–Crippen LogP) is 3.39. The van der Waals surface area contributed by atoms with Gasteiger partial charge < -0.3 is 20.4 Å². The van der Waals surface area contributed by atoms with Crippen LogP contribution in [-0.4, -0.2) is 46.8 Å². The van der Waals surface area contributed by atoms with Gasteiger partial charge in [0.05, 0.1) is 24.7 Å². The molecular weight excluding hydrogens is 470 g/mol. The number of nitrogens with one attached hydrogen (secondary N) is 1. The Hall–Kier alpha value is -4.22. The van der Waals surface area contributed by atoms with E-state index in [2.05, 4.69) is 44.8 Å². The zero-order chi connectivity index (χ0) is 25.8. The van der Waals surface area contributed by atoms with Gasteiger partial charge in [-0.2, -0.15) is 8.42 Å². The first kappa shape index (κ1) is 25.4. The van der Waals surface area contributed by atoms with Gasteiger partial charge in [-0.05, 0) is 29.8 Å². The number of benzene rings is 2. The summed E-state index contributed by atoms with van der Waals surface area (Å²) in [7, 11) is -0.0926. The van der Waals surface area contributed by atoms with Crippen LogP contribution in [0.15, 0.2) is 67.5 Å². The number of hydrogen-bond acceptors (Lipinski definition) is 7. The van der Waals surface area contributed by atoms with Gasteiger partial charge in [0.25, 0.3) is 10.1 Å². The molecule has 0 aliphatic carbocycles. The van der Waals surface area contributed by atoms with Gasteiger partial charge in [0.1, 0.15) is 5.75 Å². The first-order valence-electron chi connectivity index (χ1n) is 10.2. The lowest BCUT2D eigenvalue weighted by Gasteiger charge is -2.13. The van der Waals surface area contributed by atoms with E-state index in [0.29, 0.717) is 29.2 Å². The molecule has 2 aromatic heterocycles. The monoisotopic (exact) mass is 495 g/mol. The highest BCUT2D eigenvalue weighted by atomic mass is 32.2. The van der Waals surface area contributed by atoms with Crippen molar-refractivity contribution in [2.24, 2.45) is 12.8 Å². The van der Waals surface area contributed by atoms with Crippen LogP contribution in [-0.2, 0) is 22.0 Å². The lowest BCUT2D eigenvalue weighted by atomic mass is 10.1. The molecule has 2 aromatic carbocycles. The molecule has 4 N–H and O–H groups in total. The molecule has 0 aliphatic rings. The second-order valence-corrected chi connectivity index (χ2v) is 9.02. The number of fused-ring (bicyclic) bond motifs is 1. The summed E-state index contributed by atoms with van der Waals surface area (Å²) in [4.78, 5) is 20.5. The molecule has 0 unspecified atom stereocenters. The number of nitrogens with zero attached hydrogens (tertiary/aromatic N) is 3. The third-order valence-electron chi connectivity index (χ3n) is 4.92. The SMILES string of the molecule is C=C(C(N)=O)c1ccc(OC)c(Nc2nccc(-c3cn(C)c4ccccc34)n2)c1.CS(=O)(=O)O. The number of anilines is 2. The van der Waals surface area contributed by atoms with Crippen LogP contribution >= 0.6 is 0 Å². The van der Waals surface area contributed by atoms with Gasteiger partial charge >= 0.3 is 0 Å². The van der Waals surface area contributed by atoms with Gasteiger partial charge in [0.15, 0.2) is 0 Å². The zero-order valence-corrected chi connectivity index (χ0v) is 20.2. The van der Waals surface area contributed by atoms with E-state index < -0.39 is 16.0 Å². The van der Waals surface area contributed by atoms with Crippen molar-refractivity contribution in [2.45, 2.75) is 0 Å². The van der Waals surface area contributed by atoms with Crippen LogP contribution in [0.4, 0.5) is 11.6 Å². The van der Waals surface area contributed by atoms with E-state index >= 15 is 0 Å². The molecule has 11 heteroatoms. The maximum Gasteiger partial charge on any atom is 0.261 e. The highest BCUT2D eigenvalue weighted by Crippen LogP contribution is 2.32. The number of primary amides is 1. The van der Waals surface area contributed by atoms with Crippen LogP contribution in [0, 0.1) is 0 Å². The molecule has 0 radical (unpaired) electrons. The third kappa shape index (κ3) is 6.43. The van der Waals surface area contributed by atoms with E-state index in [1.807, 2.05) is 25.2 Å². The van der Waals surface area contributed by atoms with Crippen LogP contribution in [0.25, 0.3) is 27.7 Å². The number of para-hydroxylation sites is 1.